The SMILES string of the molecule is Nc1cc(S(=O)(=O)[O-])cc2cc(S(=O)(=O)[O-])c(N=Nc3ccc(-c4ccc(N=Nc5c(S(=O)(=O)[O-])cc6cc(S(=O)(=O)[O-])cc(N)c6c5[O-])c([O-])c4)cc3[O-])c([O-])c12.OCCNCCO.OCCNCCO.OCCNCCO.OCCNCCO.[Cu+2].[Cu+2].[H+].[H+].[H+].[H+]. The predicted molar refractivity (Wildman–Crippen MR) is 299 cm³/mol. The molecule has 0 aromatic heterocycles. The first-order chi connectivity index (χ1) is 40.4. The molecule has 6 aromatic carbocycles. The van der Waals surface area contributed by atoms with Gasteiger partial charge in [-0.2, -0.15) is 10.2 Å². The molecule has 6 rings (SSSR count). The van der Waals surface area contributed by atoms with Gasteiger partial charge in [0, 0.05) is 63.7 Å². The van der Waals surface area contributed by atoms with Gasteiger partial charge in [-0.15, -0.1) is 10.2 Å². The van der Waals surface area contributed by atoms with E-state index in [1.54, 1.807) is 0 Å². The number of rotatable bonds is 25. The van der Waals surface area contributed by atoms with E-state index < -0.39 is 139 Å². The molecule has 0 aliphatic heterocycles. The van der Waals surface area contributed by atoms with Crippen molar-refractivity contribution in [2.75, 3.05) is 117 Å². The molecule has 0 spiro atoms. The van der Waals surface area contributed by atoms with E-state index >= 15 is 0 Å². The van der Waals surface area contributed by atoms with Crippen LogP contribution in [0.15, 0.2) is 113 Å². The molecule has 496 valence electrons. The van der Waals surface area contributed by atoms with E-state index in [2.05, 4.69) is 41.7 Å². The first kappa shape index (κ1) is 82.0. The number of azo groups is 2. The zero-order chi connectivity index (χ0) is 65.0. The summed E-state index contributed by atoms with van der Waals surface area (Å²) in [5.41, 5.74) is 7.32. The molecule has 16 N–H and O–H groups in total. The van der Waals surface area contributed by atoms with Gasteiger partial charge in [0.15, 0.2) is 0 Å². The second-order valence-corrected chi connectivity index (χ2v) is 22.2. The van der Waals surface area contributed by atoms with Gasteiger partial charge in [-0.25, -0.2) is 33.7 Å². The number of benzene rings is 6. The fourth-order valence-electron chi connectivity index (χ4n) is 6.70. The van der Waals surface area contributed by atoms with Gasteiger partial charge in [-0.05, 0) is 81.2 Å². The third kappa shape index (κ3) is 26.2. The molecular formula is C48H64Cu2N10O24S4. The Labute approximate surface area is 531 Å². The van der Waals surface area contributed by atoms with E-state index in [1.807, 2.05) is 0 Å². The standard InChI is InChI=1S/C32H24N6O16S4.4C4H11NO2.2Cu/c33-19-11-17(55(43,44)45)5-15-9-25(57(49,50)51)29(31(41)27(15)19)37-35-21-3-1-13(7-23(21)39)14-2-4-22(24(40)8-14)36-38-30-26(58(52,53)54)10-16-6-18(56(46,47)48)12-20(34)28(16)32(30)42;4*6-3-1-5-2-4-7;;/h1-12,39-42H,33-34H2,(H,43,44,45)(H,46,47,48)(H,49,50,51)(H,52,53,54);4*5-7H,1-4H2;;/q;;;;;2*+2/p-4. The van der Waals surface area contributed by atoms with Crippen molar-refractivity contribution >= 4 is 96.1 Å². The van der Waals surface area contributed by atoms with E-state index in [0.29, 0.717) is 88.8 Å². The Morgan fingerprint density at radius 2 is 0.648 bits per heavy atom. The number of nitrogens with zero attached hydrogens (tertiary/aromatic N) is 4. The molecule has 2 radical (unpaired) electrons. The summed E-state index contributed by atoms with van der Waals surface area (Å²) in [6.07, 6.45) is 0. The summed E-state index contributed by atoms with van der Waals surface area (Å²) in [7, 11) is -21.3. The van der Waals surface area contributed by atoms with Crippen LogP contribution in [0, 0.1) is 0 Å². The van der Waals surface area contributed by atoms with Gasteiger partial charge in [0.25, 0.3) is 0 Å². The fourth-order valence-corrected chi connectivity index (χ4v) is 9.07. The van der Waals surface area contributed by atoms with E-state index in [0.717, 1.165) is 24.3 Å². The van der Waals surface area contributed by atoms with Gasteiger partial charge in [0.1, 0.15) is 40.5 Å². The van der Waals surface area contributed by atoms with E-state index in [-0.39, 0.29) is 104 Å². The Kier molecular flexibility index (Phi) is 37.2. The molecule has 6 aromatic rings. The van der Waals surface area contributed by atoms with Crippen molar-refractivity contribution in [1.29, 1.82) is 0 Å². The van der Waals surface area contributed by atoms with Crippen molar-refractivity contribution in [2.45, 2.75) is 19.6 Å². The van der Waals surface area contributed by atoms with Crippen LogP contribution in [0.2, 0.25) is 0 Å². The molecule has 0 atom stereocenters. The maximum absolute atomic E-state index is 13.2. The minimum Gasteiger partial charge on any atom is -0.871 e. The van der Waals surface area contributed by atoms with Gasteiger partial charge >= 0.3 is 39.8 Å². The van der Waals surface area contributed by atoms with Crippen LogP contribution in [0.3, 0.4) is 0 Å². The quantitative estimate of drug-likeness (QED) is 0.00861. The van der Waals surface area contributed by atoms with Crippen LogP contribution in [-0.2, 0) is 74.6 Å². The molecule has 0 saturated heterocycles. The number of aliphatic hydroxyl groups is 8. The molecule has 0 unspecified atom stereocenters. The van der Waals surface area contributed by atoms with Crippen LogP contribution in [0.25, 0.3) is 32.7 Å². The third-order valence-electron chi connectivity index (χ3n) is 10.5. The van der Waals surface area contributed by atoms with Crippen molar-refractivity contribution in [3.05, 3.63) is 72.8 Å². The number of aliphatic hydroxyl groups excluding tert-OH is 8. The van der Waals surface area contributed by atoms with Crippen LogP contribution in [0.5, 0.6) is 23.0 Å². The van der Waals surface area contributed by atoms with E-state index in [4.69, 9.17) is 52.3 Å². The predicted octanol–water partition coefficient (Wildman–Crippen LogP) is -3.75. The van der Waals surface area contributed by atoms with Crippen LogP contribution < -0.4 is 53.2 Å². The Bertz CT molecular complexity index is 3480. The fraction of sp³-hybridized carbons (Fsp3) is 0.333. The van der Waals surface area contributed by atoms with Gasteiger partial charge in [0.2, 0.25) is 0 Å². The first-order valence-electron chi connectivity index (χ1n) is 24.6. The number of nitrogens with one attached hydrogen (secondary N) is 4. The Morgan fingerprint density at radius 3 is 0.864 bits per heavy atom. The van der Waals surface area contributed by atoms with Gasteiger partial charge in [-0.1, -0.05) is 47.3 Å². The normalized spacial score (nSPS) is 11.5. The topological polar surface area (TPSA) is 632 Å². The maximum Gasteiger partial charge on any atom is 2.00 e. The van der Waals surface area contributed by atoms with Crippen LogP contribution in [0.4, 0.5) is 34.1 Å². The minimum atomic E-state index is -5.50. The van der Waals surface area contributed by atoms with Gasteiger partial charge in [-0.3, -0.25) is 0 Å². The van der Waals surface area contributed by atoms with Crippen molar-refractivity contribution in [2.24, 2.45) is 20.5 Å². The molecule has 0 fully saturated rings. The van der Waals surface area contributed by atoms with Crippen LogP contribution in [-0.4, -0.2) is 198 Å². The summed E-state index contributed by atoms with van der Waals surface area (Å²) in [4.78, 5) is -4.38. The second-order valence-electron chi connectivity index (χ2n) is 16.7. The molecule has 0 heterocycles. The summed E-state index contributed by atoms with van der Waals surface area (Å²) in [6, 6.07) is 10.1. The summed E-state index contributed by atoms with van der Waals surface area (Å²) in [5.74, 6) is -4.43. The number of hydrogen-bond donors (Lipinski definition) is 14. The maximum atomic E-state index is 13.2. The summed E-state index contributed by atoms with van der Waals surface area (Å²) in [5, 5.41) is 141. The summed E-state index contributed by atoms with van der Waals surface area (Å²) >= 11 is 0. The monoisotopic (exact) mass is 1420 g/mol. The van der Waals surface area contributed by atoms with Crippen molar-refractivity contribution in [3.63, 3.8) is 0 Å². The van der Waals surface area contributed by atoms with Crippen molar-refractivity contribution in [1.82, 2.24) is 21.3 Å². The van der Waals surface area contributed by atoms with Crippen molar-refractivity contribution < 1.29 is 153 Å². The number of nitrogen functional groups attached to an aromatic ring is 2. The number of anilines is 2. The summed E-state index contributed by atoms with van der Waals surface area (Å²) in [6.45, 7) is 5.67. The molecule has 88 heavy (non-hydrogen) atoms. The Morgan fingerprint density at radius 1 is 0.386 bits per heavy atom. The zero-order valence-electron chi connectivity index (χ0n) is 49.5. The Hall–Kier alpha value is -5.96. The number of fused-ring (bicyclic) bond motifs is 2. The average molecular weight is 1420 g/mol. The number of hydrogen-bond acceptors (Lipinski definition) is 34. The molecular weight excluding hydrogens is 1360 g/mol. The zero-order valence-corrected chi connectivity index (χ0v) is 50.7. The van der Waals surface area contributed by atoms with Crippen LogP contribution in [0.1, 0.15) is 5.71 Å². The molecule has 0 amide bonds. The largest absolute Gasteiger partial charge is 2.00 e. The van der Waals surface area contributed by atoms with E-state index in [1.165, 1.54) is 12.1 Å². The van der Waals surface area contributed by atoms with Crippen LogP contribution >= 0.6 is 0 Å². The van der Waals surface area contributed by atoms with Crippen molar-refractivity contribution in [3.8, 4) is 34.1 Å². The third-order valence-corrected chi connectivity index (χ3v) is 13.8. The molecule has 0 bridgehead atoms. The second kappa shape index (κ2) is 39.9. The molecule has 34 nitrogen and oxygen atoms in total. The van der Waals surface area contributed by atoms with Gasteiger partial charge < -0.3 is 112 Å². The van der Waals surface area contributed by atoms with E-state index in [9.17, 15) is 72.3 Å². The molecule has 0 aliphatic carbocycles. The minimum absolute atomic E-state index is 0. The Balaban J connectivity index is -0.000000619. The van der Waals surface area contributed by atoms with Gasteiger partial charge in [0.05, 0.1) is 95.2 Å². The number of nitrogens with two attached hydrogens (primary N) is 2. The first-order valence-corrected chi connectivity index (χ1v) is 30.2. The smallest absolute Gasteiger partial charge is 0.871 e. The molecule has 0 aliphatic rings. The summed E-state index contributed by atoms with van der Waals surface area (Å²) < 4.78 is 141. The molecule has 40 heteroatoms. The molecule has 0 saturated carbocycles. The average Bonchev–Trinajstić information content (AvgIpc) is 0.771.